The number of terminal acetylenes is 1. The van der Waals surface area contributed by atoms with Crippen molar-refractivity contribution in [1.29, 1.82) is 0 Å². The molecule has 0 heterocycles. The van der Waals surface area contributed by atoms with E-state index in [0.29, 0.717) is 0 Å². The van der Waals surface area contributed by atoms with Gasteiger partial charge in [0.05, 0.1) is 0 Å². The summed E-state index contributed by atoms with van der Waals surface area (Å²) in [5, 5.41) is 0. The number of hydrogen-bond acceptors (Lipinski definition) is 0. The Labute approximate surface area is 120 Å². The molecule has 0 amide bonds. The summed E-state index contributed by atoms with van der Waals surface area (Å²) in [6, 6.07) is 15.3. The number of benzene rings is 2. The van der Waals surface area contributed by atoms with Crippen LogP contribution in [0.5, 0.6) is 0 Å². The molecule has 0 unspecified atom stereocenters. The van der Waals surface area contributed by atoms with Crippen LogP contribution in [-0.2, 0) is 6.42 Å². The van der Waals surface area contributed by atoms with Gasteiger partial charge in [-0.05, 0) is 58.9 Å². The molecule has 0 bridgehead atoms. The van der Waals surface area contributed by atoms with Crippen molar-refractivity contribution in [2.24, 2.45) is 0 Å². The predicted octanol–water partition coefficient (Wildman–Crippen LogP) is 4.85. The first-order chi connectivity index (χ1) is 9.83. The van der Waals surface area contributed by atoms with Gasteiger partial charge in [-0.15, -0.1) is 6.42 Å². The van der Waals surface area contributed by atoms with Crippen LogP contribution in [0.25, 0.3) is 16.7 Å². The third kappa shape index (κ3) is 2.08. The fourth-order valence-electron chi connectivity index (χ4n) is 2.80. The topological polar surface area (TPSA) is 0 Å². The van der Waals surface area contributed by atoms with Crippen molar-refractivity contribution in [1.82, 2.24) is 0 Å². The van der Waals surface area contributed by atoms with E-state index < -0.39 is 0 Å². The van der Waals surface area contributed by atoms with Crippen molar-refractivity contribution >= 4 is 5.57 Å². The van der Waals surface area contributed by atoms with Crippen LogP contribution in [0, 0.1) is 12.3 Å². The highest BCUT2D eigenvalue weighted by Crippen LogP contribution is 2.37. The van der Waals surface area contributed by atoms with Gasteiger partial charge in [-0.25, -0.2) is 0 Å². The van der Waals surface area contributed by atoms with Crippen LogP contribution in [0.4, 0.5) is 0 Å². The minimum atomic E-state index is 1.03. The molecule has 0 radical (unpaired) electrons. The molecule has 2 aromatic carbocycles. The predicted molar refractivity (Wildman–Crippen MR) is 86.3 cm³/mol. The fourth-order valence-corrected chi connectivity index (χ4v) is 2.80. The molecule has 0 atom stereocenters. The van der Waals surface area contributed by atoms with Gasteiger partial charge in [0.1, 0.15) is 0 Å². The molecule has 0 heteroatoms. The van der Waals surface area contributed by atoms with Gasteiger partial charge in [-0.1, -0.05) is 54.5 Å². The third-order valence-corrected chi connectivity index (χ3v) is 3.72. The lowest BCUT2D eigenvalue weighted by Gasteiger charge is -2.06. The molecule has 96 valence electrons. The van der Waals surface area contributed by atoms with Crippen molar-refractivity contribution in [2.75, 3.05) is 0 Å². The van der Waals surface area contributed by atoms with Gasteiger partial charge in [0.2, 0.25) is 0 Å². The summed E-state index contributed by atoms with van der Waals surface area (Å²) >= 11 is 0. The highest BCUT2D eigenvalue weighted by Gasteiger charge is 2.18. The van der Waals surface area contributed by atoms with Crippen LogP contribution < -0.4 is 0 Å². The average molecular weight is 256 g/mol. The first kappa shape index (κ1) is 12.5. The van der Waals surface area contributed by atoms with Gasteiger partial charge in [0, 0.05) is 0 Å². The van der Waals surface area contributed by atoms with Crippen molar-refractivity contribution in [3.05, 3.63) is 77.4 Å². The minimum Gasteiger partial charge on any atom is -0.115 e. The lowest BCUT2D eigenvalue weighted by atomic mass is 9.98. The number of rotatable bonds is 2. The van der Waals surface area contributed by atoms with Crippen molar-refractivity contribution in [3.63, 3.8) is 0 Å². The maximum Gasteiger partial charge on any atom is -0.00134 e. The fraction of sp³-hybridized carbons (Fsp3) is 0.100. The summed E-state index contributed by atoms with van der Waals surface area (Å²) in [6.07, 6.45) is 12.4. The quantitative estimate of drug-likeness (QED) is 0.454. The Morgan fingerprint density at radius 1 is 1.10 bits per heavy atom. The van der Waals surface area contributed by atoms with E-state index >= 15 is 0 Å². The Balaban J connectivity index is 2.12. The van der Waals surface area contributed by atoms with E-state index in [4.69, 9.17) is 6.42 Å². The Hall–Kier alpha value is -2.52. The second-order valence-corrected chi connectivity index (χ2v) is 4.97. The number of allylic oxidation sites excluding steroid dienone is 4. The Kier molecular flexibility index (Phi) is 3.27. The van der Waals surface area contributed by atoms with Crippen LogP contribution in [0.3, 0.4) is 0 Å². The van der Waals surface area contributed by atoms with Crippen molar-refractivity contribution in [2.45, 2.75) is 13.3 Å². The zero-order valence-electron chi connectivity index (χ0n) is 11.6. The first-order valence-electron chi connectivity index (χ1n) is 6.84. The van der Waals surface area contributed by atoms with Crippen LogP contribution in [-0.4, -0.2) is 0 Å². The summed E-state index contributed by atoms with van der Waals surface area (Å²) in [6.45, 7) is 2.01. The number of fused-ring (bicyclic) bond motifs is 3. The summed E-state index contributed by atoms with van der Waals surface area (Å²) in [5.41, 5.74) is 7.76. The Morgan fingerprint density at radius 3 is 2.70 bits per heavy atom. The SMILES string of the molecule is C#C/C=C(\C=C/C)c1ccc2c(c1)-c1ccccc1C2. The van der Waals surface area contributed by atoms with Crippen molar-refractivity contribution in [3.8, 4) is 23.5 Å². The first-order valence-corrected chi connectivity index (χ1v) is 6.84. The molecule has 1 aliphatic rings. The highest BCUT2D eigenvalue weighted by atomic mass is 14.2. The van der Waals surface area contributed by atoms with Crippen LogP contribution in [0.2, 0.25) is 0 Å². The van der Waals surface area contributed by atoms with Crippen LogP contribution >= 0.6 is 0 Å². The zero-order valence-corrected chi connectivity index (χ0v) is 11.6. The lowest BCUT2D eigenvalue weighted by molar-refractivity contribution is 1.26. The van der Waals surface area contributed by atoms with E-state index in [1.807, 2.05) is 19.1 Å². The van der Waals surface area contributed by atoms with Crippen LogP contribution in [0.1, 0.15) is 23.6 Å². The van der Waals surface area contributed by atoms with E-state index in [2.05, 4.69) is 54.5 Å². The molecule has 0 nitrogen and oxygen atoms in total. The van der Waals surface area contributed by atoms with Gasteiger partial charge in [-0.3, -0.25) is 0 Å². The molecule has 0 aromatic heterocycles. The highest BCUT2D eigenvalue weighted by molar-refractivity contribution is 5.83. The normalized spacial score (nSPS) is 13.1. The second kappa shape index (κ2) is 5.23. The third-order valence-electron chi connectivity index (χ3n) is 3.72. The monoisotopic (exact) mass is 256 g/mol. The van der Waals surface area contributed by atoms with Gasteiger partial charge < -0.3 is 0 Å². The summed E-state index contributed by atoms with van der Waals surface area (Å²) in [7, 11) is 0. The molecule has 0 fully saturated rings. The molecule has 20 heavy (non-hydrogen) atoms. The molecule has 0 spiro atoms. The van der Waals surface area contributed by atoms with Gasteiger partial charge >= 0.3 is 0 Å². The van der Waals surface area contributed by atoms with E-state index in [-0.39, 0.29) is 0 Å². The summed E-state index contributed by atoms with van der Waals surface area (Å²) in [5.74, 6) is 2.62. The smallest absolute Gasteiger partial charge is 0.00134 e. The maximum absolute atomic E-state index is 5.43. The molecule has 3 rings (SSSR count). The number of hydrogen-bond donors (Lipinski definition) is 0. The standard InChI is InChI=1S/C20H16/c1-3-7-15(8-4-2)16-11-12-18-13-17-9-5-6-10-19(17)20(18)14-16/h1,4-12,14H,13H2,2H3/b8-4-,15-7+. The van der Waals surface area contributed by atoms with E-state index in [1.165, 1.54) is 27.8 Å². The Morgan fingerprint density at radius 2 is 1.90 bits per heavy atom. The van der Waals surface area contributed by atoms with Gasteiger partial charge in [0.25, 0.3) is 0 Å². The van der Waals surface area contributed by atoms with E-state index in [1.54, 1.807) is 0 Å². The van der Waals surface area contributed by atoms with Gasteiger partial charge in [0.15, 0.2) is 0 Å². The lowest BCUT2D eigenvalue weighted by Crippen LogP contribution is -1.85. The van der Waals surface area contributed by atoms with Gasteiger partial charge in [-0.2, -0.15) is 0 Å². The largest absolute Gasteiger partial charge is 0.115 e. The molecular formula is C20H16. The Bertz CT molecular complexity index is 752. The van der Waals surface area contributed by atoms with Crippen LogP contribution in [0.15, 0.2) is 60.7 Å². The molecule has 1 aliphatic carbocycles. The minimum absolute atomic E-state index is 1.03. The average Bonchev–Trinajstić information content (AvgIpc) is 2.85. The molecule has 0 saturated carbocycles. The van der Waals surface area contributed by atoms with E-state index in [9.17, 15) is 0 Å². The molecule has 0 aliphatic heterocycles. The van der Waals surface area contributed by atoms with Crippen molar-refractivity contribution < 1.29 is 0 Å². The molecule has 0 saturated heterocycles. The summed E-state index contributed by atoms with van der Waals surface area (Å²) in [4.78, 5) is 0. The maximum atomic E-state index is 5.43. The zero-order chi connectivity index (χ0) is 13.9. The molecule has 2 aromatic rings. The second-order valence-electron chi connectivity index (χ2n) is 4.97. The summed E-state index contributed by atoms with van der Waals surface area (Å²) < 4.78 is 0. The van der Waals surface area contributed by atoms with E-state index in [0.717, 1.165) is 12.0 Å². The molecule has 0 N–H and O–H groups in total. The molecular weight excluding hydrogens is 240 g/mol.